The molecule has 1 fully saturated rings. The maximum Gasteiger partial charge on any atom is 0.167 e. The fourth-order valence-corrected chi connectivity index (χ4v) is 4.25. The average molecular weight is 350 g/mol. The van der Waals surface area contributed by atoms with Gasteiger partial charge in [-0.3, -0.25) is 4.79 Å². The second kappa shape index (κ2) is 7.06. The molecule has 3 atom stereocenters. The number of benzene rings is 2. The largest absolute Gasteiger partial charge is 0.501 e. The first-order valence-corrected chi connectivity index (χ1v) is 9.30. The highest BCUT2D eigenvalue weighted by atomic mass is 19.1. The smallest absolute Gasteiger partial charge is 0.167 e. The van der Waals surface area contributed by atoms with Crippen molar-refractivity contribution in [3.8, 4) is 0 Å². The summed E-state index contributed by atoms with van der Waals surface area (Å²) in [5, 5.41) is 2.48. The zero-order chi connectivity index (χ0) is 18.1. The number of hydrogen-bond donors (Lipinski definition) is 0. The maximum atomic E-state index is 14.2. The van der Waals surface area contributed by atoms with Gasteiger partial charge in [0.25, 0.3) is 0 Å². The van der Waals surface area contributed by atoms with E-state index in [2.05, 4.69) is 37.3 Å². The third kappa shape index (κ3) is 2.96. The summed E-state index contributed by atoms with van der Waals surface area (Å²) in [6.07, 6.45) is 8.57. The van der Waals surface area contributed by atoms with Gasteiger partial charge in [-0.2, -0.15) is 0 Å². The van der Waals surface area contributed by atoms with Crippen molar-refractivity contribution in [2.24, 2.45) is 5.92 Å². The van der Waals surface area contributed by atoms with E-state index in [4.69, 9.17) is 4.74 Å². The van der Waals surface area contributed by atoms with Crippen LogP contribution < -0.4 is 0 Å². The van der Waals surface area contributed by atoms with E-state index in [9.17, 15) is 9.18 Å². The van der Waals surface area contributed by atoms with E-state index in [-0.39, 0.29) is 17.6 Å². The molecule has 0 bridgehead atoms. The Morgan fingerprint density at radius 3 is 2.77 bits per heavy atom. The van der Waals surface area contributed by atoms with Crippen LogP contribution in [-0.4, -0.2) is 18.6 Å². The molecule has 2 aliphatic carbocycles. The van der Waals surface area contributed by atoms with E-state index >= 15 is 0 Å². The fourth-order valence-electron chi connectivity index (χ4n) is 4.25. The average Bonchev–Trinajstić information content (AvgIpc) is 3.24. The molecule has 2 aromatic carbocycles. The number of allylic oxidation sites excluding steroid dienone is 1. The molecule has 26 heavy (non-hydrogen) atoms. The first-order valence-electron chi connectivity index (χ1n) is 9.30. The van der Waals surface area contributed by atoms with Crippen LogP contribution in [0.4, 0.5) is 4.39 Å². The van der Waals surface area contributed by atoms with Crippen LogP contribution in [0.2, 0.25) is 0 Å². The number of fused-ring (bicyclic) bond motifs is 5. The Labute approximate surface area is 153 Å². The molecule has 3 unspecified atom stereocenters. The molecule has 0 saturated heterocycles. The van der Waals surface area contributed by atoms with Crippen LogP contribution in [-0.2, 0) is 9.53 Å². The highest BCUT2D eigenvalue weighted by molar-refractivity contribution is 5.95. The van der Waals surface area contributed by atoms with Crippen LogP contribution in [0.15, 0.2) is 48.7 Å². The van der Waals surface area contributed by atoms with Crippen molar-refractivity contribution in [2.45, 2.75) is 38.3 Å². The predicted octanol–water partition coefficient (Wildman–Crippen LogP) is 5.50. The Morgan fingerprint density at radius 2 is 2.04 bits per heavy atom. The molecule has 0 amide bonds. The summed E-state index contributed by atoms with van der Waals surface area (Å²) in [6, 6.07) is 10.6. The van der Waals surface area contributed by atoms with E-state index in [1.807, 2.05) is 18.2 Å². The SMILES string of the molecule is C1=COCC1.Cc1cccc2c3c(ccc12)C1CCC(=O)C(F)C1C=C3. The number of hydrogen-bond acceptors (Lipinski definition) is 2. The minimum atomic E-state index is -1.33. The van der Waals surface area contributed by atoms with Crippen molar-refractivity contribution in [3.63, 3.8) is 0 Å². The van der Waals surface area contributed by atoms with Crippen LogP contribution in [0.3, 0.4) is 0 Å². The Morgan fingerprint density at radius 1 is 1.15 bits per heavy atom. The predicted molar refractivity (Wildman–Crippen MR) is 103 cm³/mol. The van der Waals surface area contributed by atoms with E-state index in [1.165, 1.54) is 27.5 Å². The van der Waals surface area contributed by atoms with Gasteiger partial charge in [0, 0.05) is 18.8 Å². The fraction of sp³-hybridized carbons (Fsp3) is 0.348. The second-order valence-electron chi connectivity index (χ2n) is 7.22. The summed E-state index contributed by atoms with van der Waals surface area (Å²) < 4.78 is 18.9. The van der Waals surface area contributed by atoms with Gasteiger partial charge in [-0.1, -0.05) is 42.5 Å². The first kappa shape index (κ1) is 17.0. The lowest BCUT2D eigenvalue weighted by atomic mass is 9.69. The molecule has 1 heterocycles. The monoisotopic (exact) mass is 350 g/mol. The lowest BCUT2D eigenvalue weighted by Crippen LogP contribution is -2.35. The van der Waals surface area contributed by atoms with Crippen molar-refractivity contribution in [1.29, 1.82) is 0 Å². The van der Waals surface area contributed by atoms with Gasteiger partial charge in [-0.05, 0) is 52.8 Å². The van der Waals surface area contributed by atoms with E-state index in [1.54, 1.807) is 6.26 Å². The minimum absolute atomic E-state index is 0.141. The molecule has 0 N–H and O–H groups in total. The number of ketones is 1. The highest BCUT2D eigenvalue weighted by Gasteiger charge is 2.40. The minimum Gasteiger partial charge on any atom is -0.501 e. The quantitative estimate of drug-likeness (QED) is 0.627. The van der Waals surface area contributed by atoms with Gasteiger partial charge in [0.2, 0.25) is 0 Å². The van der Waals surface area contributed by atoms with Crippen molar-refractivity contribution in [1.82, 2.24) is 0 Å². The number of carbonyl (C=O) groups is 1. The van der Waals surface area contributed by atoms with Crippen molar-refractivity contribution in [2.75, 3.05) is 6.61 Å². The normalized spacial score (nSPS) is 25.9. The van der Waals surface area contributed by atoms with E-state index < -0.39 is 6.17 Å². The van der Waals surface area contributed by atoms with Crippen molar-refractivity contribution in [3.05, 3.63) is 65.4 Å². The molecular formula is C23H23FO2. The lowest BCUT2D eigenvalue weighted by Gasteiger charge is -2.35. The van der Waals surface area contributed by atoms with Crippen LogP contribution >= 0.6 is 0 Å². The van der Waals surface area contributed by atoms with Crippen LogP contribution in [0.1, 0.15) is 41.9 Å². The zero-order valence-corrected chi connectivity index (χ0v) is 15.0. The molecule has 0 aromatic heterocycles. The summed E-state index contributed by atoms with van der Waals surface area (Å²) in [4.78, 5) is 11.6. The zero-order valence-electron chi connectivity index (χ0n) is 15.0. The third-order valence-electron chi connectivity index (χ3n) is 5.65. The molecule has 3 aliphatic rings. The molecule has 3 heteroatoms. The number of Topliss-reactive ketones (excluding diaryl/α,β-unsaturated/α-hetero) is 1. The Hall–Kier alpha value is -2.42. The van der Waals surface area contributed by atoms with Gasteiger partial charge in [0.1, 0.15) is 0 Å². The molecule has 0 radical (unpaired) electrons. The van der Waals surface area contributed by atoms with Gasteiger partial charge in [-0.25, -0.2) is 4.39 Å². The van der Waals surface area contributed by atoms with Gasteiger partial charge in [0.15, 0.2) is 12.0 Å². The summed E-state index contributed by atoms with van der Waals surface area (Å²) in [5.41, 5.74) is 3.67. The topological polar surface area (TPSA) is 26.3 Å². The summed E-state index contributed by atoms with van der Waals surface area (Å²) in [6.45, 7) is 3.00. The van der Waals surface area contributed by atoms with Crippen LogP contribution in [0.5, 0.6) is 0 Å². The van der Waals surface area contributed by atoms with Gasteiger partial charge < -0.3 is 4.74 Å². The van der Waals surface area contributed by atoms with Crippen molar-refractivity contribution >= 4 is 22.6 Å². The molecule has 5 rings (SSSR count). The lowest BCUT2D eigenvalue weighted by molar-refractivity contribution is -0.127. The molecule has 1 aliphatic heterocycles. The molecule has 134 valence electrons. The molecule has 1 saturated carbocycles. The second-order valence-corrected chi connectivity index (χ2v) is 7.22. The van der Waals surface area contributed by atoms with Gasteiger partial charge >= 0.3 is 0 Å². The standard InChI is InChI=1S/C19H17FO.C4H6O/c1-11-3-2-4-13-12(11)5-6-15-14(13)7-8-17-16(15)9-10-18(21)19(17)20;1-2-4-5-3-1/h2-8,16-17,19H,9-10H2,1H3;1,3H,2,4H2. The number of carbonyl (C=O) groups excluding carboxylic acids is 1. The Balaban J connectivity index is 0.000000292. The van der Waals surface area contributed by atoms with Crippen LogP contribution in [0.25, 0.3) is 16.8 Å². The third-order valence-corrected chi connectivity index (χ3v) is 5.65. The van der Waals surface area contributed by atoms with E-state index in [0.29, 0.717) is 6.42 Å². The molecule has 0 spiro atoms. The van der Waals surface area contributed by atoms with E-state index in [0.717, 1.165) is 19.4 Å². The van der Waals surface area contributed by atoms with Gasteiger partial charge in [0.05, 0.1) is 12.9 Å². The molecule has 2 nitrogen and oxygen atoms in total. The number of ether oxygens (including phenoxy) is 1. The Bertz CT molecular complexity index is 890. The molecule has 2 aromatic rings. The summed E-state index contributed by atoms with van der Waals surface area (Å²) in [7, 11) is 0. The maximum absolute atomic E-state index is 14.2. The Kier molecular flexibility index (Phi) is 4.62. The number of rotatable bonds is 0. The van der Waals surface area contributed by atoms with Gasteiger partial charge in [-0.15, -0.1) is 0 Å². The number of alkyl halides is 1. The highest BCUT2D eigenvalue weighted by Crippen LogP contribution is 2.45. The number of aryl methyl sites for hydroxylation is 1. The van der Waals surface area contributed by atoms with Crippen LogP contribution in [0, 0.1) is 12.8 Å². The van der Waals surface area contributed by atoms with Crippen molar-refractivity contribution < 1.29 is 13.9 Å². The number of halogens is 1. The summed E-state index contributed by atoms with van der Waals surface area (Å²) in [5.74, 6) is -0.371. The summed E-state index contributed by atoms with van der Waals surface area (Å²) >= 11 is 0. The molecular weight excluding hydrogens is 327 g/mol. The first-order chi connectivity index (χ1) is 12.7.